The Morgan fingerprint density at radius 1 is 1.45 bits per heavy atom. The zero-order valence-corrected chi connectivity index (χ0v) is 7.91. The zero-order valence-electron chi connectivity index (χ0n) is 7.10. The first kappa shape index (κ1) is 10.8. The van der Waals surface area contributed by atoms with Crippen LogP contribution in [0.3, 0.4) is 0 Å². The molecule has 0 bridgehead atoms. The van der Waals surface area contributed by atoms with Crippen molar-refractivity contribution in [1.29, 1.82) is 5.26 Å². The topological polar surface area (TPSA) is 35.8 Å². The summed E-state index contributed by atoms with van der Waals surface area (Å²) in [6.45, 7) is 4.07. The molecule has 0 aromatic heterocycles. The van der Waals surface area contributed by atoms with E-state index < -0.39 is 0 Å². The first-order valence-electron chi connectivity index (χ1n) is 4.07. The van der Waals surface area contributed by atoms with Crippen molar-refractivity contribution in [2.75, 3.05) is 24.6 Å². The molecule has 0 spiro atoms. The fourth-order valence-corrected chi connectivity index (χ4v) is 1.35. The highest BCUT2D eigenvalue weighted by molar-refractivity contribution is 7.99. The zero-order chi connectivity index (χ0) is 8.36. The van der Waals surface area contributed by atoms with E-state index in [2.05, 4.69) is 18.3 Å². The third-order valence-corrected chi connectivity index (χ3v) is 2.25. The lowest BCUT2D eigenvalue weighted by molar-refractivity contribution is 0.684. The Morgan fingerprint density at radius 2 is 2.27 bits per heavy atom. The Balaban J connectivity index is 2.75. The molecule has 2 nitrogen and oxygen atoms in total. The molecule has 0 unspecified atom stereocenters. The predicted octanol–water partition coefficient (Wildman–Crippen LogP) is 1.63. The minimum Gasteiger partial charge on any atom is -0.316 e. The van der Waals surface area contributed by atoms with Crippen molar-refractivity contribution >= 4 is 11.8 Å². The van der Waals surface area contributed by atoms with Gasteiger partial charge in [0, 0.05) is 13.0 Å². The van der Waals surface area contributed by atoms with Gasteiger partial charge in [-0.25, -0.2) is 0 Å². The van der Waals surface area contributed by atoms with Gasteiger partial charge in [0.05, 0.1) is 6.07 Å². The molecule has 64 valence electrons. The number of hydrogen-bond donors (Lipinski definition) is 1. The van der Waals surface area contributed by atoms with Gasteiger partial charge in [0.15, 0.2) is 0 Å². The summed E-state index contributed by atoms with van der Waals surface area (Å²) in [6, 6.07) is 2.10. The molecule has 0 aromatic carbocycles. The smallest absolute Gasteiger partial charge is 0.0635 e. The molecule has 0 atom stereocenters. The second kappa shape index (κ2) is 9.80. The minimum atomic E-state index is 0.626. The molecular weight excluding hydrogens is 156 g/mol. The van der Waals surface area contributed by atoms with E-state index in [0.717, 1.165) is 13.1 Å². The van der Waals surface area contributed by atoms with Gasteiger partial charge in [-0.05, 0) is 24.5 Å². The third-order valence-electron chi connectivity index (χ3n) is 1.26. The predicted molar refractivity (Wildman–Crippen MR) is 50.7 cm³/mol. The maximum atomic E-state index is 8.21. The minimum absolute atomic E-state index is 0.626. The van der Waals surface area contributed by atoms with Gasteiger partial charge >= 0.3 is 0 Å². The van der Waals surface area contributed by atoms with E-state index in [4.69, 9.17) is 5.26 Å². The Bertz CT molecular complexity index is 109. The molecule has 0 aliphatic heterocycles. The standard InChI is InChI=1S/C8H16N2S/c1-2-11-8-4-7-10-6-3-5-9/h10H,2-4,6-8H2,1H3. The largest absolute Gasteiger partial charge is 0.316 e. The molecule has 0 aromatic rings. The number of nitrogens with zero attached hydrogens (tertiary/aromatic N) is 1. The average molecular weight is 172 g/mol. The van der Waals surface area contributed by atoms with Gasteiger partial charge in [0.2, 0.25) is 0 Å². The SMILES string of the molecule is CCSCCCNCCC#N. The fraction of sp³-hybridized carbons (Fsp3) is 0.875. The first-order valence-corrected chi connectivity index (χ1v) is 5.22. The molecule has 11 heavy (non-hydrogen) atoms. The van der Waals surface area contributed by atoms with Gasteiger partial charge in [-0.1, -0.05) is 6.92 Å². The van der Waals surface area contributed by atoms with E-state index in [1.54, 1.807) is 0 Å². The Kier molecular flexibility index (Phi) is 9.62. The number of thioether (sulfide) groups is 1. The van der Waals surface area contributed by atoms with Crippen molar-refractivity contribution < 1.29 is 0 Å². The van der Waals surface area contributed by atoms with Crippen LogP contribution in [-0.4, -0.2) is 24.6 Å². The highest BCUT2D eigenvalue weighted by Gasteiger charge is 1.87. The molecule has 0 rings (SSSR count). The normalized spacial score (nSPS) is 9.45. The lowest BCUT2D eigenvalue weighted by Gasteiger charge is -2.00. The number of rotatable bonds is 7. The van der Waals surface area contributed by atoms with Crippen LogP contribution in [0.2, 0.25) is 0 Å². The van der Waals surface area contributed by atoms with Gasteiger partial charge in [-0.15, -0.1) is 0 Å². The summed E-state index contributed by atoms with van der Waals surface area (Å²) in [7, 11) is 0. The molecule has 0 saturated heterocycles. The summed E-state index contributed by atoms with van der Waals surface area (Å²) in [6.07, 6.45) is 1.84. The second-order valence-corrected chi connectivity index (χ2v) is 3.60. The van der Waals surface area contributed by atoms with Crippen LogP contribution in [0.25, 0.3) is 0 Å². The second-order valence-electron chi connectivity index (χ2n) is 2.21. The lowest BCUT2D eigenvalue weighted by Crippen LogP contribution is -2.16. The van der Waals surface area contributed by atoms with Gasteiger partial charge in [-0.2, -0.15) is 17.0 Å². The van der Waals surface area contributed by atoms with Crippen molar-refractivity contribution in [2.45, 2.75) is 19.8 Å². The summed E-state index contributed by atoms with van der Waals surface area (Å²) in [5.41, 5.74) is 0. The van der Waals surface area contributed by atoms with Crippen molar-refractivity contribution in [3.8, 4) is 6.07 Å². The average Bonchev–Trinajstić information content (AvgIpc) is 2.03. The fourth-order valence-electron chi connectivity index (χ4n) is 0.713. The summed E-state index contributed by atoms with van der Waals surface area (Å²) in [5.74, 6) is 2.44. The molecule has 0 saturated carbocycles. The highest BCUT2D eigenvalue weighted by Crippen LogP contribution is 1.99. The monoisotopic (exact) mass is 172 g/mol. The molecule has 0 radical (unpaired) electrons. The molecule has 0 amide bonds. The quantitative estimate of drug-likeness (QED) is 0.593. The summed E-state index contributed by atoms with van der Waals surface area (Å²) < 4.78 is 0. The summed E-state index contributed by atoms with van der Waals surface area (Å²) in [5, 5.41) is 11.4. The van der Waals surface area contributed by atoms with Crippen LogP contribution in [0.1, 0.15) is 19.8 Å². The summed E-state index contributed by atoms with van der Waals surface area (Å²) >= 11 is 1.97. The molecule has 0 fully saturated rings. The van der Waals surface area contributed by atoms with E-state index in [0.29, 0.717) is 6.42 Å². The van der Waals surface area contributed by atoms with E-state index in [1.165, 1.54) is 17.9 Å². The molecule has 3 heteroatoms. The Morgan fingerprint density at radius 3 is 2.91 bits per heavy atom. The third kappa shape index (κ3) is 9.80. The van der Waals surface area contributed by atoms with Crippen LogP contribution in [-0.2, 0) is 0 Å². The molecule has 0 aliphatic rings. The van der Waals surface area contributed by atoms with E-state index in [1.807, 2.05) is 11.8 Å². The van der Waals surface area contributed by atoms with Crippen molar-refractivity contribution in [1.82, 2.24) is 5.32 Å². The van der Waals surface area contributed by atoms with Gasteiger partial charge < -0.3 is 5.32 Å². The van der Waals surface area contributed by atoms with Crippen LogP contribution in [0.5, 0.6) is 0 Å². The molecule has 1 N–H and O–H groups in total. The van der Waals surface area contributed by atoms with Crippen LogP contribution in [0.15, 0.2) is 0 Å². The van der Waals surface area contributed by atoms with Gasteiger partial charge in [0.25, 0.3) is 0 Å². The van der Waals surface area contributed by atoms with E-state index >= 15 is 0 Å². The molecule has 0 aliphatic carbocycles. The van der Waals surface area contributed by atoms with Crippen LogP contribution in [0.4, 0.5) is 0 Å². The Hall–Kier alpha value is -0.200. The first-order chi connectivity index (χ1) is 5.41. The highest BCUT2D eigenvalue weighted by atomic mass is 32.2. The van der Waals surface area contributed by atoms with Gasteiger partial charge in [0.1, 0.15) is 0 Å². The van der Waals surface area contributed by atoms with Crippen LogP contribution >= 0.6 is 11.8 Å². The van der Waals surface area contributed by atoms with E-state index in [9.17, 15) is 0 Å². The van der Waals surface area contributed by atoms with Gasteiger partial charge in [-0.3, -0.25) is 0 Å². The summed E-state index contributed by atoms with van der Waals surface area (Å²) in [4.78, 5) is 0. The van der Waals surface area contributed by atoms with E-state index in [-0.39, 0.29) is 0 Å². The van der Waals surface area contributed by atoms with Crippen LogP contribution < -0.4 is 5.32 Å². The maximum Gasteiger partial charge on any atom is 0.0635 e. The van der Waals surface area contributed by atoms with Crippen molar-refractivity contribution in [3.05, 3.63) is 0 Å². The molecule has 0 heterocycles. The lowest BCUT2D eigenvalue weighted by atomic mass is 10.4. The van der Waals surface area contributed by atoms with Crippen LogP contribution in [0, 0.1) is 11.3 Å². The van der Waals surface area contributed by atoms with Crippen molar-refractivity contribution in [2.24, 2.45) is 0 Å². The maximum absolute atomic E-state index is 8.21. The Labute approximate surface area is 73.4 Å². The number of nitriles is 1. The number of hydrogen-bond acceptors (Lipinski definition) is 3. The van der Waals surface area contributed by atoms with Crippen molar-refractivity contribution in [3.63, 3.8) is 0 Å². The molecular formula is C8H16N2S. The number of nitrogens with one attached hydrogen (secondary N) is 1.